The van der Waals surface area contributed by atoms with Crippen molar-refractivity contribution < 1.29 is 14.7 Å². The van der Waals surface area contributed by atoms with Crippen LogP contribution in [0.15, 0.2) is 76.5 Å². The molecule has 0 fully saturated rings. The van der Waals surface area contributed by atoms with E-state index in [0.29, 0.717) is 17.8 Å². The highest BCUT2D eigenvalue weighted by atomic mass is 32.2. The molecule has 4 nitrogen and oxygen atoms in total. The number of hydrogen-bond acceptors (Lipinski definition) is 4. The first-order valence-corrected chi connectivity index (χ1v) is 9.35. The third-order valence-electron chi connectivity index (χ3n) is 4.66. The number of carboxylic acid groups (broad SMARTS) is 1. The third kappa shape index (κ3) is 3.22. The average molecular weight is 374 g/mol. The normalized spacial score (nSPS) is 12.9. The van der Waals surface area contributed by atoms with Crippen molar-refractivity contribution in [2.75, 3.05) is 4.90 Å². The lowest BCUT2D eigenvalue weighted by atomic mass is 10.1. The molecule has 0 saturated heterocycles. The first kappa shape index (κ1) is 17.4. The van der Waals surface area contributed by atoms with Gasteiger partial charge in [-0.05, 0) is 47.9 Å². The van der Waals surface area contributed by atoms with Crippen LogP contribution in [0.1, 0.15) is 31.8 Å². The summed E-state index contributed by atoms with van der Waals surface area (Å²) < 4.78 is 0. The fourth-order valence-corrected chi connectivity index (χ4v) is 4.22. The Balaban J connectivity index is 1.89. The molecule has 3 aromatic carbocycles. The smallest absolute Gasteiger partial charge is 0.259 e. The number of anilines is 1. The van der Waals surface area contributed by atoms with Crippen molar-refractivity contribution in [3.05, 3.63) is 89.0 Å². The number of benzene rings is 3. The standard InChI is InChI=1S/C22H17NO3S/c1-14-6-2-3-7-16(14)13-23-18-12-15(22(25)26)10-11-20(18)27-19-9-5-4-8-17(19)21(23)24/h2-12H,13H2,1H3,(H,25,26)/p-1. The van der Waals surface area contributed by atoms with E-state index in [1.54, 1.807) is 17.0 Å². The van der Waals surface area contributed by atoms with E-state index in [4.69, 9.17) is 0 Å². The number of amides is 1. The van der Waals surface area contributed by atoms with Gasteiger partial charge in [-0.15, -0.1) is 0 Å². The van der Waals surface area contributed by atoms with Gasteiger partial charge in [0, 0.05) is 9.79 Å². The summed E-state index contributed by atoms with van der Waals surface area (Å²) in [6, 6.07) is 20.1. The van der Waals surface area contributed by atoms with Crippen LogP contribution in [0.25, 0.3) is 0 Å². The second-order valence-corrected chi connectivity index (χ2v) is 7.47. The fraction of sp³-hybridized carbons (Fsp3) is 0.0909. The predicted molar refractivity (Wildman–Crippen MR) is 103 cm³/mol. The van der Waals surface area contributed by atoms with Gasteiger partial charge < -0.3 is 14.8 Å². The molecule has 1 aliphatic rings. The van der Waals surface area contributed by atoms with Gasteiger partial charge in [-0.3, -0.25) is 4.79 Å². The van der Waals surface area contributed by atoms with Gasteiger partial charge >= 0.3 is 0 Å². The zero-order chi connectivity index (χ0) is 19.0. The van der Waals surface area contributed by atoms with Gasteiger partial charge in [0.1, 0.15) is 0 Å². The Labute approximate surface area is 161 Å². The van der Waals surface area contributed by atoms with Crippen LogP contribution in [0.2, 0.25) is 0 Å². The summed E-state index contributed by atoms with van der Waals surface area (Å²) in [4.78, 5) is 28.1. The number of aryl methyl sites for hydroxylation is 1. The summed E-state index contributed by atoms with van der Waals surface area (Å²) in [5.41, 5.74) is 3.35. The highest BCUT2D eigenvalue weighted by Crippen LogP contribution is 2.42. The van der Waals surface area contributed by atoms with Crippen molar-refractivity contribution in [2.45, 2.75) is 23.3 Å². The molecule has 0 unspecified atom stereocenters. The zero-order valence-electron chi connectivity index (χ0n) is 14.6. The van der Waals surface area contributed by atoms with E-state index in [0.717, 1.165) is 20.9 Å². The number of fused-ring (bicyclic) bond motifs is 2. The van der Waals surface area contributed by atoms with Crippen LogP contribution in [0.3, 0.4) is 0 Å². The van der Waals surface area contributed by atoms with Gasteiger partial charge in [0.25, 0.3) is 5.91 Å². The average Bonchev–Trinajstić information content (AvgIpc) is 2.78. The van der Waals surface area contributed by atoms with E-state index >= 15 is 0 Å². The summed E-state index contributed by atoms with van der Waals surface area (Å²) >= 11 is 1.47. The van der Waals surface area contributed by atoms with Crippen LogP contribution < -0.4 is 10.0 Å². The van der Waals surface area contributed by atoms with Gasteiger partial charge in [-0.25, -0.2) is 0 Å². The molecular weight excluding hydrogens is 358 g/mol. The molecule has 0 aliphatic carbocycles. The molecule has 0 aromatic heterocycles. The summed E-state index contributed by atoms with van der Waals surface area (Å²) in [7, 11) is 0. The van der Waals surface area contributed by atoms with Crippen LogP contribution in [0, 0.1) is 6.92 Å². The maximum atomic E-state index is 13.3. The minimum absolute atomic E-state index is 0.0582. The van der Waals surface area contributed by atoms with E-state index in [2.05, 4.69) is 0 Å². The minimum atomic E-state index is -1.26. The Hall–Kier alpha value is -3.05. The Bertz CT molecular complexity index is 1060. The molecule has 0 N–H and O–H groups in total. The quantitative estimate of drug-likeness (QED) is 0.702. The topological polar surface area (TPSA) is 60.4 Å². The highest BCUT2D eigenvalue weighted by Gasteiger charge is 2.28. The summed E-state index contributed by atoms with van der Waals surface area (Å²) in [5.74, 6) is -1.40. The van der Waals surface area contributed by atoms with Crippen molar-refractivity contribution in [3.8, 4) is 0 Å². The molecule has 3 aromatic rings. The lowest BCUT2D eigenvalue weighted by molar-refractivity contribution is -0.255. The number of nitrogens with zero attached hydrogens (tertiary/aromatic N) is 1. The molecule has 0 atom stereocenters. The number of aromatic carboxylic acids is 1. The third-order valence-corrected chi connectivity index (χ3v) is 5.80. The van der Waals surface area contributed by atoms with Gasteiger partial charge in [0.2, 0.25) is 0 Å². The molecule has 1 heterocycles. The zero-order valence-corrected chi connectivity index (χ0v) is 15.5. The number of carbonyl (C=O) groups is 2. The molecule has 1 aliphatic heterocycles. The number of carboxylic acids is 1. The lowest BCUT2D eigenvalue weighted by Crippen LogP contribution is -2.31. The van der Waals surface area contributed by atoms with Gasteiger partial charge in [0.05, 0.1) is 23.8 Å². The molecule has 0 spiro atoms. The van der Waals surface area contributed by atoms with Crippen LogP contribution in [-0.4, -0.2) is 11.9 Å². The SMILES string of the molecule is Cc1ccccc1CN1C(=O)c2ccccc2Sc2ccc(C(=O)[O-])cc21. The first-order chi connectivity index (χ1) is 13.0. The maximum Gasteiger partial charge on any atom is 0.259 e. The van der Waals surface area contributed by atoms with E-state index in [9.17, 15) is 14.7 Å². The second-order valence-electron chi connectivity index (χ2n) is 6.39. The minimum Gasteiger partial charge on any atom is -0.545 e. The summed E-state index contributed by atoms with van der Waals surface area (Å²) in [6.45, 7) is 2.36. The van der Waals surface area contributed by atoms with Crippen molar-refractivity contribution in [3.63, 3.8) is 0 Å². The van der Waals surface area contributed by atoms with Crippen molar-refractivity contribution in [1.29, 1.82) is 0 Å². The Morgan fingerprint density at radius 2 is 1.74 bits per heavy atom. The summed E-state index contributed by atoms with van der Waals surface area (Å²) in [6.07, 6.45) is 0. The molecule has 0 radical (unpaired) electrons. The van der Waals surface area contributed by atoms with Crippen molar-refractivity contribution in [2.24, 2.45) is 0 Å². The van der Waals surface area contributed by atoms with Crippen LogP contribution in [-0.2, 0) is 6.54 Å². The van der Waals surface area contributed by atoms with Crippen molar-refractivity contribution in [1.82, 2.24) is 0 Å². The second kappa shape index (κ2) is 6.93. The Morgan fingerprint density at radius 3 is 2.52 bits per heavy atom. The number of carbonyl (C=O) groups excluding carboxylic acids is 2. The van der Waals surface area contributed by atoms with Gasteiger partial charge in [-0.1, -0.05) is 54.2 Å². The highest BCUT2D eigenvalue weighted by molar-refractivity contribution is 7.99. The van der Waals surface area contributed by atoms with Crippen molar-refractivity contribution >= 4 is 29.3 Å². The lowest BCUT2D eigenvalue weighted by Gasteiger charge is -2.24. The monoisotopic (exact) mass is 374 g/mol. The number of hydrogen-bond donors (Lipinski definition) is 0. The number of rotatable bonds is 3. The Morgan fingerprint density at radius 1 is 1.00 bits per heavy atom. The summed E-state index contributed by atoms with van der Waals surface area (Å²) in [5, 5.41) is 11.4. The van der Waals surface area contributed by atoms with Crippen LogP contribution in [0.4, 0.5) is 5.69 Å². The van der Waals surface area contributed by atoms with Crippen LogP contribution in [0.5, 0.6) is 0 Å². The van der Waals surface area contributed by atoms with Crippen LogP contribution >= 0.6 is 11.8 Å². The van der Waals surface area contributed by atoms with Gasteiger partial charge in [-0.2, -0.15) is 0 Å². The molecule has 0 saturated carbocycles. The molecule has 1 amide bonds. The Kier molecular flexibility index (Phi) is 4.46. The molecule has 27 heavy (non-hydrogen) atoms. The maximum absolute atomic E-state index is 13.3. The molecule has 4 rings (SSSR count). The molecular formula is C22H16NO3S-. The van der Waals surface area contributed by atoms with E-state index in [1.807, 2.05) is 49.4 Å². The molecule has 5 heteroatoms. The van der Waals surface area contributed by atoms with E-state index in [-0.39, 0.29) is 11.5 Å². The fourth-order valence-electron chi connectivity index (χ4n) is 3.16. The first-order valence-electron chi connectivity index (χ1n) is 8.53. The van der Waals surface area contributed by atoms with E-state index in [1.165, 1.54) is 23.9 Å². The van der Waals surface area contributed by atoms with E-state index < -0.39 is 5.97 Å². The van der Waals surface area contributed by atoms with Gasteiger partial charge in [0.15, 0.2) is 0 Å². The molecule has 0 bridgehead atoms. The largest absolute Gasteiger partial charge is 0.545 e. The predicted octanol–water partition coefficient (Wildman–Crippen LogP) is 3.67. The molecule has 134 valence electrons.